The van der Waals surface area contributed by atoms with Crippen LogP contribution < -0.4 is 9.47 Å². The van der Waals surface area contributed by atoms with Gasteiger partial charge >= 0.3 is 0 Å². The molecule has 5 rings (SSSR count). The summed E-state index contributed by atoms with van der Waals surface area (Å²) in [6.07, 6.45) is 7.17. The van der Waals surface area contributed by atoms with Crippen LogP contribution in [0, 0.1) is 0 Å². The molecule has 1 aliphatic heterocycles. The van der Waals surface area contributed by atoms with Gasteiger partial charge in [0, 0.05) is 47.9 Å². The lowest BCUT2D eigenvalue weighted by molar-refractivity contribution is 0.290. The topological polar surface area (TPSA) is 63.5 Å². The van der Waals surface area contributed by atoms with Crippen molar-refractivity contribution in [3.8, 4) is 23.0 Å². The second-order valence-corrected chi connectivity index (χ2v) is 7.70. The van der Waals surface area contributed by atoms with E-state index >= 15 is 0 Å². The number of hydrogen-bond acceptors (Lipinski definition) is 5. The Balaban J connectivity index is 1.27. The van der Waals surface area contributed by atoms with Gasteiger partial charge in [-0.05, 0) is 54.5 Å². The summed E-state index contributed by atoms with van der Waals surface area (Å²) in [4.78, 5) is 10.4. The zero-order valence-corrected chi connectivity index (χ0v) is 17.7. The molecule has 0 unspecified atom stereocenters. The van der Waals surface area contributed by atoms with Crippen molar-refractivity contribution in [3.05, 3.63) is 72.3 Å². The SMILES string of the molecule is COc1ccc(-c2nc(CN3CC=C(c4c[nH]c5ccc(OC)cc45)CC3)co2)cc1. The monoisotopic (exact) mass is 415 g/mol. The zero-order chi connectivity index (χ0) is 21.2. The molecular weight excluding hydrogens is 390 g/mol. The Hall–Kier alpha value is -3.51. The van der Waals surface area contributed by atoms with E-state index in [0.717, 1.165) is 54.3 Å². The number of benzene rings is 2. The van der Waals surface area contributed by atoms with Gasteiger partial charge in [-0.2, -0.15) is 0 Å². The minimum absolute atomic E-state index is 0.638. The molecule has 4 aromatic rings. The van der Waals surface area contributed by atoms with E-state index in [1.54, 1.807) is 20.5 Å². The molecule has 0 saturated heterocycles. The highest BCUT2D eigenvalue weighted by Gasteiger charge is 2.18. The van der Waals surface area contributed by atoms with Crippen LogP contribution in [0.15, 0.2) is 65.4 Å². The number of oxazole rings is 1. The first-order chi connectivity index (χ1) is 15.2. The van der Waals surface area contributed by atoms with Crippen LogP contribution >= 0.6 is 0 Å². The lowest BCUT2D eigenvalue weighted by Gasteiger charge is -2.25. The van der Waals surface area contributed by atoms with E-state index in [4.69, 9.17) is 13.9 Å². The van der Waals surface area contributed by atoms with Crippen molar-refractivity contribution >= 4 is 16.5 Å². The highest BCUT2D eigenvalue weighted by Crippen LogP contribution is 2.32. The molecule has 1 N–H and O–H groups in total. The Morgan fingerprint density at radius 2 is 1.87 bits per heavy atom. The maximum absolute atomic E-state index is 5.71. The van der Waals surface area contributed by atoms with Crippen LogP contribution in [0.3, 0.4) is 0 Å². The average molecular weight is 415 g/mol. The molecule has 0 saturated carbocycles. The van der Waals surface area contributed by atoms with Crippen molar-refractivity contribution < 1.29 is 13.9 Å². The largest absolute Gasteiger partial charge is 0.497 e. The summed E-state index contributed by atoms with van der Waals surface area (Å²) >= 11 is 0. The molecule has 0 aliphatic carbocycles. The molecule has 0 fully saturated rings. The highest BCUT2D eigenvalue weighted by atomic mass is 16.5. The molecule has 6 nitrogen and oxygen atoms in total. The Morgan fingerprint density at radius 3 is 2.61 bits per heavy atom. The van der Waals surface area contributed by atoms with Crippen LogP contribution in [0.25, 0.3) is 27.9 Å². The van der Waals surface area contributed by atoms with Gasteiger partial charge in [-0.3, -0.25) is 4.90 Å². The minimum Gasteiger partial charge on any atom is -0.497 e. The number of ether oxygens (including phenoxy) is 2. The van der Waals surface area contributed by atoms with Crippen molar-refractivity contribution in [2.24, 2.45) is 0 Å². The fourth-order valence-electron chi connectivity index (χ4n) is 4.07. The van der Waals surface area contributed by atoms with E-state index in [-0.39, 0.29) is 0 Å². The number of methoxy groups -OCH3 is 2. The summed E-state index contributed by atoms with van der Waals surface area (Å²) in [5, 5.41) is 1.21. The van der Waals surface area contributed by atoms with Crippen LogP contribution in [0.5, 0.6) is 11.5 Å². The fourth-order valence-corrected chi connectivity index (χ4v) is 4.07. The molecular formula is C25H25N3O3. The molecule has 6 heteroatoms. The smallest absolute Gasteiger partial charge is 0.226 e. The number of aromatic nitrogens is 2. The van der Waals surface area contributed by atoms with Gasteiger partial charge in [0.2, 0.25) is 5.89 Å². The third-order valence-electron chi connectivity index (χ3n) is 5.80. The average Bonchev–Trinajstić information content (AvgIpc) is 3.46. The molecule has 0 atom stereocenters. The van der Waals surface area contributed by atoms with Gasteiger partial charge in [-0.15, -0.1) is 0 Å². The van der Waals surface area contributed by atoms with Crippen LogP contribution in [0.2, 0.25) is 0 Å². The van der Waals surface area contributed by atoms with Gasteiger partial charge in [0.25, 0.3) is 0 Å². The Morgan fingerprint density at radius 1 is 1.06 bits per heavy atom. The van der Waals surface area contributed by atoms with Crippen LogP contribution in [0.1, 0.15) is 17.7 Å². The fraction of sp³-hybridized carbons (Fsp3) is 0.240. The van der Waals surface area contributed by atoms with E-state index in [1.807, 2.05) is 30.3 Å². The molecule has 0 amide bonds. The maximum atomic E-state index is 5.71. The number of hydrogen-bond donors (Lipinski definition) is 1. The number of fused-ring (bicyclic) bond motifs is 1. The minimum atomic E-state index is 0.638. The van der Waals surface area contributed by atoms with Crippen molar-refractivity contribution in [3.63, 3.8) is 0 Å². The predicted molar refractivity (Wildman–Crippen MR) is 121 cm³/mol. The zero-order valence-electron chi connectivity index (χ0n) is 17.7. The molecule has 158 valence electrons. The number of aromatic amines is 1. The number of rotatable bonds is 6. The Bertz CT molecular complexity index is 1220. The highest BCUT2D eigenvalue weighted by molar-refractivity contribution is 5.93. The third-order valence-corrected chi connectivity index (χ3v) is 5.80. The van der Waals surface area contributed by atoms with Crippen molar-refractivity contribution in [1.82, 2.24) is 14.9 Å². The number of nitrogens with one attached hydrogen (secondary N) is 1. The van der Waals surface area contributed by atoms with Gasteiger partial charge < -0.3 is 18.9 Å². The Labute approximate surface area is 181 Å². The number of H-pyrrole nitrogens is 1. The molecule has 1 aliphatic rings. The second-order valence-electron chi connectivity index (χ2n) is 7.70. The molecule has 0 spiro atoms. The van der Waals surface area contributed by atoms with Crippen LogP contribution in [-0.4, -0.2) is 42.2 Å². The quantitative estimate of drug-likeness (QED) is 0.473. The van der Waals surface area contributed by atoms with Crippen molar-refractivity contribution in [1.29, 1.82) is 0 Å². The number of nitrogens with zero attached hydrogens (tertiary/aromatic N) is 2. The van der Waals surface area contributed by atoms with E-state index in [9.17, 15) is 0 Å². The first-order valence-corrected chi connectivity index (χ1v) is 10.4. The summed E-state index contributed by atoms with van der Waals surface area (Å²) in [6, 6.07) is 13.9. The van der Waals surface area contributed by atoms with Gasteiger partial charge in [0.1, 0.15) is 17.8 Å². The molecule has 2 aromatic heterocycles. The van der Waals surface area contributed by atoms with Crippen molar-refractivity contribution in [2.45, 2.75) is 13.0 Å². The van der Waals surface area contributed by atoms with Gasteiger partial charge in [0.15, 0.2) is 0 Å². The first-order valence-electron chi connectivity index (χ1n) is 10.4. The predicted octanol–water partition coefficient (Wildman–Crippen LogP) is 5.13. The van der Waals surface area contributed by atoms with Crippen molar-refractivity contribution in [2.75, 3.05) is 27.3 Å². The summed E-state index contributed by atoms with van der Waals surface area (Å²) in [5.74, 6) is 2.34. The summed E-state index contributed by atoms with van der Waals surface area (Å²) < 4.78 is 16.3. The normalized spacial score (nSPS) is 14.6. The van der Waals surface area contributed by atoms with Gasteiger partial charge in [0.05, 0.1) is 19.9 Å². The molecule has 3 heterocycles. The lowest BCUT2D eigenvalue weighted by atomic mass is 9.98. The van der Waals surface area contributed by atoms with E-state index in [1.165, 1.54) is 16.5 Å². The van der Waals surface area contributed by atoms with Gasteiger partial charge in [-0.1, -0.05) is 6.08 Å². The van der Waals surface area contributed by atoms with Gasteiger partial charge in [-0.25, -0.2) is 4.98 Å². The maximum Gasteiger partial charge on any atom is 0.226 e. The summed E-state index contributed by atoms with van der Waals surface area (Å²) in [6.45, 7) is 2.63. The van der Waals surface area contributed by atoms with Crippen LogP contribution in [0.4, 0.5) is 0 Å². The van der Waals surface area contributed by atoms with E-state index < -0.39 is 0 Å². The molecule has 0 bridgehead atoms. The van der Waals surface area contributed by atoms with E-state index in [0.29, 0.717) is 5.89 Å². The summed E-state index contributed by atoms with van der Waals surface area (Å²) in [7, 11) is 3.36. The Kier molecular flexibility index (Phi) is 5.22. The molecule has 0 radical (unpaired) electrons. The lowest BCUT2D eigenvalue weighted by Crippen LogP contribution is -2.28. The first kappa shape index (κ1) is 19.5. The van der Waals surface area contributed by atoms with Crippen LogP contribution in [-0.2, 0) is 6.54 Å². The second kappa shape index (κ2) is 8.32. The molecule has 2 aromatic carbocycles. The third kappa shape index (κ3) is 3.94. The standard InChI is InChI=1S/C25H25N3O3/c1-29-20-5-3-18(4-6-20)25-27-19(16-31-25)15-28-11-9-17(10-12-28)23-14-26-24-8-7-21(30-2)13-22(23)24/h3-9,13-14,16,26H,10-12,15H2,1-2H3. The molecule has 31 heavy (non-hydrogen) atoms. The van der Waals surface area contributed by atoms with E-state index in [2.05, 4.69) is 39.3 Å². The summed E-state index contributed by atoms with van der Waals surface area (Å²) in [5.41, 5.74) is 5.65.